The molecule has 1 fully saturated rings. The fraction of sp³-hybridized carbons (Fsp3) is 0.571. The molecule has 1 aromatic carbocycles. The van der Waals surface area contributed by atoms with E-state index in [4.69, 9.17) is 0 Å². The fourth-order valence-electron chi connectivity index (χ4n) is 2.25. The van der Waals surface area contributed by atoms with Gasteiger partial charge in [0.2, 0.25) is 0 Å². The first-order valence-corrected chi connectivity index (χ1v) is 7.65. The number of hydrogen-bond donors (Lipinski definition) is 2. The first-order chi connectivity index (χ1) is 8.38. The Morgan fingerprint density at radius 3 is 2.37 bits per heavy atom. The minimum Gasteiger partial charge on any atom is -0.317 e. The Kier molecular flexibility index (Phi) is 10.8. The highest BCUT2D eigenvalue weighted by Gasteiger charge is 2.11. The molecule has 0 atom stereocenters. The third-order valence-corrected chi connectivity index (χ3v) is 4.12. The van der Waals surface area contributed by atoms with Gasteiger partial charge in [-0.15, -0.1) is 36.6 Å². The molecule has 5 heteroatoms. The lowest BCUT2D eigenvalue weighted by Gasteiger charge is -2.22. The van der Waals surface area contributed by atoms with Crippen molar-refractivity contribution < 1.29 is 0 Å². The molecule has 2 N–H and O–H groups in total. The van der Waals surface area contributed by atoms with Gasteiger partial charge in [-0.25, -0.2) is 0 Å². The summed E-state index contributed by atoms with van der Waals surface area (Å²) in [5, 5.41) is 6.98. The second-order valence-corrected chi connectivity index (χ2v) is 5.55. The lowest BCUT2D eigenvalue weighted by atomic mass is 9.98. The van der Waals surface area contributed by atoms with Crippen molar-refractivity contribution in [2.24, 2.45) is 5.92 Å². The van der Waals surface area contributed by atoms with Crippen LogP contribution in [0.4, 0.5) is 0 Å². The average molecular weight is 323 g/mol. The van der Waals surface area contributed by atoms with Crippen LogP contribution in [-0.2, 0) is 6.54 Å². The van der Waals surface area contributed by atoms with Crippen LogP contribution in [0.3, 0.4) is 0 Å². The summed E-state index contributed by atoms with van der Waals surface area (Å²) >= 11 is 1.80. The molecular weight excluding hydrogens is 299 g/mol. The lowest BCUT2D eigenvalue weighted by molar-refractivity contribution is 0.356. The van der Waals surface area contributed by atoms with E-state index in [1.54, 1.807) is 11.8 Å². The maximum Gasteiger partial charge on any atom is 0.0205 e. The first-order valence-electron chi connectivity index (χ1n) is 6.43. The van der Waals surface area contributed by atoms with Crippen molar-refractivity contribution in [1.82, 2.24) is 10.6 Å². The third kappa shape index (κ3) is 6.87. The molecule has 0 aliphatic carbocycles. The molecule has 0 aromatic heterocycles. The van der Waals surface area contributed by atoms with E-state index in [-0.39, 0.29) is 24.8 Å². The van der Waals surface area contributed by atoms with E-state index in [1.807, 2.05) is 0 Å². The van der Waals surface area contributed by atoms with Crippen molar-refractivity contribution in [2.45, 2.75) is 24.3 Å². The van der Waals surface area contributed by atoms with Crippen molar-refractivity contribution >= 4 is 36.6 Å². The Bertz CT molecular complexity index is 327. The Morgan fingerprint density at radius 2 is 1.79 bits per heavy atom. The highest BCUT2D eigenvalue weighted by molar-refractivity contribution is 7.98. The topological polar surface area (TPSA) is 24.1 Å². The van der Waals surface area contributed by atoms with Crippen LogP contribution in [0.15, 0.2) is 29.2 Å². The molecule has 0 saturated carbocycles. The molecule has 0 radical (unpaired) electrons. The Balaban J connectivity index is 0.00000162. The predicted octanol–water partition coefficient (Wildman–Crippen LogP) is 3.34. The van der Waals surface area contributed by atoms with Gasteiger partial charge < -0.3 is 10.6 Å². The van der Waals surface area contributed by atoms with Crippen molar-refractivity contribution in [3.05, 3.63) is 29.8 Å². The highest BCUT2D eigenvalue weighted by atomic mass is 35.5. The molecule has 2 rings (SSSR count). The van der Waals surface area contributed by atoms with E-state index in [0.717, 1.165) is 19.0 Å². The minimum atomic E-state index is 0. The quantitative estimate of drug-likeness (QED) is 0.813. The van der Waals surface area contributed by atoms with Gasteiger partial charge in [0.25, 0.3) is 0 Å². The Morgan fingerprint density at radius 1 is 1.16 bits per heavy atom. The Labute approximate surface area is 133 Å². The van der Waals surface area contributed by atoms with Gasteiger partial charge in [-0.1, -0.05) is 12.1 Å². The van der Waals surface area contributed by atoms with Gasteiger partial charge in [0.05, 0.1) is 0 Å². The number of rotatable bonds is 5. The van der Waals surface area contributed by atoms with Crippen LogP contribution < -0.4 is 10.6 Å². The summed E-state index contributed by atoms with van der Waals surface area (Å²) in [5.74, 6) is 0.863. The molecule has 0 amide bonds. The largest absolute Gasteiger partial charge is 0.317 e. The third-order valence-electron chi connectivity index (χ3n) is 3.38. The van der Waals surface area contributed by atoms with Crippen molar-refractivity contribution in [3.63, 3.8) is 0 Å². The van der Waals surface area contributed by atoms with E-state index in [0.29, 0.717) is 0 Å². The van der Waals surface area contributed by atoms with Gasteiger partial charge in [0.1, 0.15) is 0 Å². The number of piperidine rings is 1. The van der Waals surface area contributed by atoms with E-state index in [1.165, 1.54) is 36.4 Å². The zero-order valence-corrected chi connectivity index (χ0v) is 13.8. The van der Waals surface area contributed by atoms with Gasteiger partial charge in [-0.3, -0.25) is 0 Å². The van der Waals surface area contributed by atoms with E-state index in [9.17, 15) is 0 Å². The van der Waals surface area contributed by atoms with Gasteiger partial charge in [-0.05, 0) is 62.3 Å². The number of benzene rings is 1. The SMILES string of the molecule is CSc1ccc(CNCC2CCNCC2)cc1.Cl.Cl. The lowest BCUT2D eigenvalue weighted by Crippen LogP contribution is -2.33. The van der Waals surface area contributed by atoms with E-state index >= 15 is 0 Å². The van der Waals surface area contributed by atoms with Crippen LogP contribution in [-0.4, -0.2) is 25.9 Å². The summed E-state index contributed by atoms with van der Waals surface area (Å²) in [6, 6.07) is 8.85. The minimum absolute atomic E-state index is 0. The fourth-order valence-corrected chi connectivity index (χ4v) is 2.66. The molecule has 1 saturated heterocycles. The van der Waals surface area contributed by atoms with Crippen LogP contribution in [0.2, 0.25) is 0 Å². The molecule has 0 spiro atoms. The average Bonchev–Trinajstić information content (AvgIpc) is 2.41. The normalized spacial score (nSPS) is 15.4. The maximum absolute atomic E-state index is 3.57. The van der Waals surface area contributed by atoms with E-state index < -0.39 is 0 Å². The maximum atomic E-state index is 3.57. The standard InChI is InChI=1S/C14H22N2S.2ClH/c1-17-14-4-2-12(3-5-14)10-16-11-13-6-8-15-9-7-13;;/h2-5,13,15-16H,6-11H2,1H3;2*1H. The van der Waals surface area contributed by atoms with Crippen molar-refractivity contribution in [3.8, 4) is 0 Å². The number of thioether (sulfide) groups is 1. The molecule has 1 aliphatic heterocycles. The molecule has 0 bridgehead atoms. The molecular formula is C14H24Cl2N2S. The smallest absolute Gasteiger partial charge is 0.0205 e. The van der Waals surface area contributed by atoms with Gasteiger partial charge in [-0.2, -0.15) is 0 Å². The number of halogens is 2. The summed E-state index contributed by atoms with van der Waals surface area (Å²) in [5.41, 5.74) is 1.39. The zero-order chi connectivity index (χ0) is 11.9. The number of hydrogen-bond acceptors (Lipinski definition) is 3. The van der Waals surface area contributed by atoms with Gasteiger partial charge >= 0.3 is 0 Å². The first kappa shape index (κ1) is 19.1. The molecule has 1 aliphatic rings. The molecule has 1 heterocycles. The Hall–Kier alpha value is 0.0700. The van der Waals surface area contributed by atoms with Crippen LogP contribution in [0.1, 0.15) is 18.4 Å². The van der Waals surface area contributed by atoms with Crippen LogP contribution in [0, 0.1) is 5.92 Å². The molecule has 19 heavy (non-hydrogen) atoms. The second-order valence-electron chi connectivity index (χ2n) is 4.67. The summed E-state index contributed by atoms with van der Waals surface area (Å²) in [6.07, 6.45) is 4.75. The summed E-state index contributed by atoms with van der Waals surface area (Å²) < 4.78 is 0. The predicted molar refractivity (Wildman–Crippen MR) is 90.0 cm³/mol. The van der Waals surface area contributed by atoms with Crippen LogP contribution >= 0.6 is 36.6 Å². The summed E-state index contributed by atoms with van der Waals surface area (Å²) in [6.45, 7) is 4.54. The van der Waals surface area contributed by atoms with Gasteiger partial charge in [0, 0.05) is 11.4 Å². The second kappa shape index (κ2) is 10.8. The molecule has 0 unspecified atom stereocenters. The van der Waals surface area contributed by atoms with Gasteiger partial charge in [0.15, 0.2) is 0 Å². The van der Waals surface area contributed by atoms with E-state index in [2.05, 4.69) is 41.2 Å². The summed E-state index contributed by atoms with van der Waals surface area (Å²) in [4.78, 5) is 1.34. The summed E-state index contributed by atoms with van der Waals surface area (Å²) in [7, 11) is 0. The molecule has 2 nitrogen and oxygen atoms in total. The molecule has 110 valence electrons. The zero-order valence-electron chi connectivity index (χ0n) is 11.4. The molecule has 1 aromatic rings. The van der Waals surface area contributed by atoms with Crippen molar-refractivity contribution in [2.75, 3.05) is 25.9 Å². The van der Waals surface area contributed by atoms with Crippen LogP contribution in [0.25, 0.3) is 0 Å². The van der Waals surface area contributed by atoms with Crippen LogP contribution in [0.5, 0.6) is 0 Å². The highest BCUT2D eigenvalue weighted by Crippen LogP contribution is 2.15. The number of nitrogens with one attached hydrogen (secondary N) is 2. The monoisotopic (exact) mass is 322 g/mol. The van der Waals surface area contributed by atoms with Crippen molar-refractivity contribution in [1.29, 1.82) is 0 Å².